The SMILES string of the molecule is CC(C)(O)CN1CCN(C(=O)CC2CCC(NC(=O)NCc3ccc(Cl)cc3)CC2)CC1. The van der Waals surface area contributed by atoms with Crippen molar-refractivity contribution in [3.8, 4) is 0 Å². The summed E-state index contributed by atoms with van der Waals surface area (Å²) in [7, 11) is 0. The molecule has 3 rings (SSSR count). The van der Waals surface area contributed by atoms with Gasteiger partial charge in [0.1, 0.15) is 0 Å². The number of β-amino-alcohol motifs (C(OH)–C–C–N with tert-alkyl or cyclic N) is 1. The van der Waals surface area contributed by atoms with Gasteiger partial charge in [-0.3, -0.25) is 9.69 Å². The normalized spacial score (nSPS) is 22.4. The summed E-state index contributed by atoms with van der Waals surface area (Å²) in [5.74, 6) is 0.636. The molecule has 1 heterocycles. The number of nitrogens with one attached hydrogen (secondary N) is 2. The van der Waals surface area contributed by atoms with Gasteiger partial charge in [-0.2, -0.15) is 0 Å². The molecule has 1 aliphatic carbocycles. The van der Waals surface area contributed by atoms with Crippen molar-refractivity contribution in [1.82, 2.24) is 20.4 Å². The molecule has 178 valence electrons. The molecule has 0 radical (unpaired) electrons. The summed E-state index contributed by atoms with van der Waals surface area (Å²) in [4.78, 5) is 29.1. The lowest BCUT2D eigenvalue weighted by Gasteiger charge is -2.38. The van der Waals surface area contributed by atoms with Crippen LogP contribution >= 0.6 is 11.6 Å². The first-order chi connectivity index (χ1) is 15.2. The van der Waals surface area contributed by atoms with Crippen LogP contribution in [0.1, 0.15) is 51.5 Å². The molecule has 1 aromatic carbocycles. The van der Waals surface area contributed by atoms with Crippen LogP contribution in [-0.2, 0) is 11.3 Å². The lowest BCUT2D eigenvalue weighted by molar-refractivity contribution is -0.134. The molecule has 1 aliphatic heterocycles. The van der Waals surface area contributed by atoms with Crippen LogP contribution in [0.15, 0.2) is 24.3 Å². The number of hydrogen-bond acceptors (Lipinski definition) is 4. The standard InChI is InChI=1S/C24H37ClN4O3/c1-24(2,32)17-28-11-13-29(14-12-28)22(30)15-18-5-9-21(10-6-18)27-23(31)26-16-19-3-7-20(25)8-4-19/h3-4,7-8,18,21,32H,5-6,9-17H2,1-2H3,(H2,26,27,31). The van der Waals surface area contributed by atoms with Gasteiger partial charge in [0.05, 0.1) is 5.60 Å². The molecule has 1 saturated carbocycles. The highest BCUT2D eigenvalue weighted by atomic mass is 35.5. The molecule has 0 unspecified atom stereocenters. The van der Waals surface area contributed by atoms with Gasteiger partial charge in [0.2, 0.25) is 5.91 Å². The van der Waals surface area contributed by atoms with Gasteiger partial charge < -0.3 is 20.6 Å². The third kappa shape index (κ3) is 8.26. The lowest BCUT2D eigenvalue weighted by atomic mass is 9.84. The summed E-state index contributed by atoms with van der Waals surface area (Å²) < 4.78 is 0. The Morgan fingerprint density at radius 3 is 2.28 bits per heavy atom. The van der Waals surface area contributed by atoms with Crippen molar-refractivity contribution in [3.05, 3.63) is 34.9 Å². The number of aliphatic hydroxyl groups is 1. The van der Waals surface area contributed by atoms with E-state index in [2.05, 4.69) is 15.5 Å². The predicted molar refractivity (Wildman–Crippen MR) is 127 cm³/mol. The van der Waals surface area contributed by atoms with E-state index >= 15 is 0 Å². The summed E-state index contributed by atoms with van der Waals surface area (Å²) in [6.07, 6.45) is 4.34. The van der Waals surface area contributed by atoms with Crippen LogP contribution in [0.5, 0.6) is 0 Å². The van der Waals surface area contributed by atoms with Crippen LogP contribution in [0.4, 0.5) is 4.79 Å². The minimum Gasteiger partial charge on any atom is -0.389 e. The van der Waals surface area contributed by atoms with Crippen molar-refractivity contribution >= 4 is 23.5 Å². The van der Waals surface area contributed by atoms with E-state index in [1.807, 2.05) is 43.0 Å². The fourth-order valence-corrected chi connectivity index (χ4v) is 4.74. The number of hydrogen-bond donors (Lipinski definition) is 3. The fourth-order valence-electron chi connectivity index (χ4n) is 4.61. The Hall–Kier alpha value is -1.83. The number of piperazine rings is 1. The van der Waals surface area contributed by atoms with E-state index in [1.54, 1.807) is 0 Å². The van der Waals surface area contributed by atoms with E-state index in [0.717, 1.165) is 57.4 Å². The van der Waals surface area contributed by atoms with E-state index in [0.29, 0.717) is 30.5 Å². The molecule has 32 heavy (non-hydrogen) atoms. The topological polar surface area (TPSA) is 84.9 Å². The summed E-state index contributed by atoms with van der Waals surface area (Å²) in [5, 5.41) is 16.6. The maximum absolute atomic E-state index is 12.7. The second-order valence-electron chi connectivity index (χ2n) is 9.84. The van der Waals surface area contributed by atoms with Crippen molar-refractivity contribution in [2.24, 2.45) is 5.92 Å². The number of nitrogens with zero attached hydrogens (tertiary/aromatic N) is 2. The van der Waals surface area contributed by atoms with E-state index in [-0.39, 0.29) is 18.0 Å². The van der Waals surface area contributed by atoms with Gasteiger partial charge in [0.25, 0.3) is 0 Å². The summed E-state index contributed by atoms with van der Waals surface area (Å²) >= 11 is 5.88. The number of urea groups is 1. The third-order valence-electron chi connectivity index (χ3n) is 6.35. The van der Waals surface area contributed by atoms with Crippen LogP contribution in [-0.4, -0.2) is 71.2 Å². The lowest BCUT2D eigenvalue weighted by Crippen LogP contribution is -2.52. The quantitative estimate of drug-likeness (QED) is 0.579. The van der Waals surface area contributed by atoms with Crippen molar-refractivity contribution in [3.63, 3.8) is 0 Å². The maximum atomic E-state index is 12.7. The highest BCUT2D eigenvalue weighted by Gasteiger charge is 2.28. The Balaban J connectivity index is 1.31. The van der Waals surface area contributed by atoms with Gasteiger partial charge in [-0.1, -0.05) is 23.7 Å². The molecule has 2 fully saturated rings. The molecule has 8 heteroatoms. The Kier molecular flexibility index (Phi) is 8.79. The molecule has 3 amide bonds. The molecule has 3 N–H and O–H groups in total. The number of carbonyl (C=O) groups excluding carboxylic acids is 2. The Morgan fingerprint density at radius 1 is 1.06 bits per heavy atom. The largest absolute Gasteiger partial charge is 0.389 e. The minimum atomic E-state index is -0.703. The second-order valence-corrected chi connectivity index (χ2v) is 10.3. The zero-order valence-electron chi connectivity index (χ0n) is 19.3. The molecule has 1 saturated heterocycles. The molecule has 2 aliphatic rings. The van der Waals surface area contributed by atoms with E-state index in [4.69, 9.17) is 11.6 Å². The first-order valence-electron chi connectivity index (χ1n) is 11.7. The van der Waals surface area contributed by atoms with Gasteiger partial charge in [-0.15, -0.1) is 0 Å². The van der Waals surface area contributed by atoms with E-state index in [1.165, 1.54) is 0 Å². The molecule has 0 spiro atoms. The Morgan fingerprint density at radius 2 is 1.69 bits per heavy atom. The van der Waals surface area contributed by atoms with Gasteiger partial charge >= 0.3 is 6.03 Å². The van der Waals surface area contributed by atoms with Crippen LogP contribution < -0.4 is 10.6 Å². The zero-order chi connectivity index (χ0) is 23.1. The molecule has 0 aromatic heterocycles. The van der Waals surface area contributed by atoms with Gasteiger partial charge in [-0.25, -0.2) is 4.79 Å². The van der Waals surface area contributed by atoms with Crippen LogP contribution in [0.25, 0.3) is 0 Å². The van der Waals surface area contributed by atoms with Gasteiger partial charge in [0.15, 0.2) is 0 Å². The molecule has 1 aromatic rings. The van der Waals surface area contributed by atoms with Gasteiger partial charge in [-0.05, 0) is 63.1 Å². The van der Waals surface area contributed by atoms with Crippen molar-refractivity contribution in [2.75, 3.05) is 32.7 Å². The summed E-state index contributed by atoms with van der Waals surface area (Å²) in [5.41, 5.74) is 0.304. The van der Waals surface area contributed by atoms with E-state index in [9.17, 15) is 14.7 Å². The van der Waals surface area contributed by atoms with Crippen LogP contribution in [0.2, 0.25) is 5.02 Å². The highest BCUT2D eigenvalue weighted by molar-refractivity contribution is 6.30. The van der Waals surface area contributed by atoms with E-state index < -0.39 is 5.60 Å². The average Bonchev–Trinajstić information content (AvgIpc) is 2.74. The number of halogens is 1. The van der Waals surface area contributed by atoms with Crippen LogP contribution in [0, 0.1) is 5.92 Å². The smallest absolute Gasteiger partial charge is 0.315 e. The maximum Gasteiger partial charge on any atom is 0.315 e. The molecular weight excluding hydrogens is 428 g/mol. The number of rotatable bonds is 7. The van der Waals surface area contributed by atoms with Gasteiger partial charge in [0, 0.05) is 56.8 Å². The molecule has 7 nitrogen and oxygen atoms in total. The Bertz CT molecular complexity index is 750. The van der Waals surface area contributed by atoms with Crippen molar-refractivity contribution < 1.29 is 14.7 Å². The molecule has 0 bridgehead atoms. The van der Waals surface area contributed by atoms with Crippen LogP contribution in [0.3, 0.4) is 0 Å². The summed E-state index contributed by atoms with van der Waals surface area (Å²) in [6, 6.07) is 7.44. The fraction of sp³-hybridized carbons (Fsp3) is 0.667. The number of amides is 3. The number of carbonyl (C=O) groups is 2. The zero-order valence-corrected chi connectivity index (χ0v) is 20.0. The first-order valence-corrected chi connectivity index (χ1v) is 12.1. The average molecular weight is 465 g/mol. The first kappa shape index (κ1) is 24.8. The van der Waals surface area contributed by atoms with Crippen molar-refractivity contribution in [1.29, 1.82) is 0 Å². The third-order valence-corrected chi connectivity index (χ3v) is 6.60. The molecule has 0 atom stereocenters. The highest BCUT2D eigenvalue weighted by Crippen LogP contribution is 2.27. The molecular formula is C24H37ClN4O3. The Labute approximate surface area is 196 Å². The monoisotopic (exact) mass is 464 g/mol. The van der Waals surface area contributed by atoms with Crippen molar-refractivity contribution in [2.45, 2.75) is 64.1 Å². The summed E-state index contributed by atoms with van der Waals surface area (Å²) in [6.45, 7) is 7.85. The number of benzene rings is 1. The minimum absolute atomic E-state index is 0.150. The second kappa shape index (κ2) is 11.3. The predicted octanol–water partition coefficient (Wildman–Crippen LogP) is 3.00.